The molecular formula is C19H20N2. The van der Waals surface area contributed by atoms with Gasteiger partial charge in [0, 0.05) is 19.5 Å². The van der Waals surface area contributed by atoms with Gasteiger partial charge in [0.25, 0.3) is 0 Å². The van der Waals surface area contributed by atoms with Crippen molar-refractivity contribution in [1.29, 1.82) is 0 Å². The summed E-state index contributed by atoms with van der Waals surface area (Å²) < 4.78 is 0. The molecule has 0 radical (unpaired) electrons. The van der Waals surface area contributed by atoms with E-state index in [4.69, 9.17) is 4.99 Å². The summed E-state index contributed by atoms with van der Waals surface area (Å²) in [5.41, 5.74) is 4.09. The maximum atomic E-state index is 5.15. The molecule has 0 bridgehead atoms. The van der Waals surface area contributed by atoms with Crippen LogP contribution in [-0.2, 0) is 6.54 Å². The molecule has 21 heavy (non-hydrogen) atoms. The van der Waals surface area contributed by atoms with E-state index < -0.39 is 0 Å². The molecule has 0 N–H and O–H groups in total. The smallest absolute Gasteiger partial charge is 0.102 e. The first-order chi connectivity index (χ1) is 10.4. The number of amidine groups is 1. The van der Waals surface area contributed by atoms with E-state index in [0.717, 1.165) is 19.5 Å². The van der Waals surface area contributed by atoms with Crippen molar-refractivity contribution in [2.75, 3.05) is 6.54 Å². The third-order valence-electron chi connectivity index (χ3n) is 4.55. The number of aliphatic imine (C=N–C) groups is 1. The van der Waals surface area contributed by atoms with Crippen LogP contribution in [0.1, 0.15) is 42.0 Å². The van der Waals surface area contributed by atoms with Gasteiger partial charge in [-0.1, -0.05) is 54.6 Å². The Labute approximate surface area is 126 Å². The van der Waals surface area contributed by atoms with Crippen LogP contribution < -0.4 is 0 Å². The van der Waals surface area contributed by atoms with Crippen LogP contribution >= 0.6 is 0 Å². The van der Waals surface area contributed by atoms with Crippen LogP contribution in [0, 0.1) is 0 Å². The van der Waals surface area contributed by atoms with Crippen LogP contribution in [0.15, 0.2) is 59.6 Å². The van der Waals surface area contributed by atoms with Crippen LogP contribution in [0.25, 0.3) is 0 Å². The minimum absolute atomic E-state index is 0.153. The summed E-state index contributed by atoms with van der Waals surface area (Å²) in [7, 11) is 0. The molecule has 2 heteroatoms. The van der Waals surface area contributed by atoms with Gasteiger partial charge in [0.15, 0.2) is 0 Å². The Morgan fingerprint density at radius 3 is 2.62 bits per heavy atom. The van der Waals surface area contributed by atoms with E-state index in [-0.39, 0.29) is 6.04 Å². The highest BCUT2D eigenvalue weighted by Crippen LogP contribution is 2.33. The molecule has 0 saturated carbocycles. The number of hydrogen-bond acceptors (Lipinski definition) is 2. The van der Waals surface area contributed by atoms with Crippen molar-refractivity contribution in [2.24, 2.45) is 4.99 Å². The summed E-state index contributed by atoms with van der Waals surface area (Å²) in [6.45, 7) is 2.16. The topological polar surface area (TPSA) is 15.6 Å². The maximum absolute atomic E-state index is 5.15. The molecule has 2 nitrogen and oxygen atoms in total. The zero-order valence-electron chi connectivity index (χ0n) is 12.2. The summed E-state index contributed by atoms with van der Waals surface area (Å²) in [6, 6.07) is 19.6. The molecule has 2 aliphatic heterocycles. The van der Waals surface area contributed by atoms with Crippen LogP contribution in [0.4, 0.5) is 0 Å². The third kappa shape index (κ3) is 2.35. The van der Waals surface area contributed by atoms with Crippen LogP contribution in [-0.4, -0.2) is 17.3 Å². The lowest BCUT2D eigenvalue weighted by Gasteiger charge is -2.29. The number of piperidine rings is 1. The summed E-state index contributed by atoms with van der Waals surface area (Å²) >= 11 is 0. The molecule has 0 aromatic heterocycles. The SMILES string of the molecule is c1ccc(C2N=C3CCCCN3Cc3ccccc32)cc1. The highest BCUT2D eigenvalue weighted by Gasteiger charge is 2.26. The van der Waals surface area contributed by atoms with E-state index in [1.54, 1.807) is 0 Å². The average molecular weight is 276 g/mol. The Balaban J connectivity index is 1.85. The Bertz CT molecular complexity index is 660. The molecule has 1 saturated heterocycles. The van der Waals surface area contributed by atoms with Gasteiger partial charge in [-0.2, -0.15) is 0 Å². The lowest BCUT2D eigenvalue weighted by molar-refractivity contribution is 0.365. The van der Waals surface area contributed by atoms with Gasteiger partial charge >= 0.3 is 0 Å². The second-order valence-electron chi connectivity index (χ2n) is 5.94. The predicted octanol–water partition coefficient (Wildman–Crippen LogP) is 4.17. The first-order valence-corrected chi connectivity index (χ1v) is 7.86. The van der Waals surface area contributed by atoms with Crippen molar-refractivity contribution in [2.45, 2.75) is 31.8 Å². The van der Waals surface area contributed by atoms with Gasteiger partial charge in [0.2, 0.25) is 0 Å². The van der Waals surface area contributed by atoms with Crippen LogP contribution in [0.5, 0.6) is 0 Å². The second kappa shape index (κ2) is 5.36. The molecule has 0 amide bonds. The fourth-order valence-corrected chi connectivity index (χ4v) is 3.45. The summed E-state index contributed by atoms with van der Waals surface area (Å²) in [5, 5.41) is 0. The first-order valence-electron chi connectivity index (χ1n) is 7.86. The lowest BCUT2D eigenvalue weighted by atomic mass is 9.95. The lowest BCUT2D eigenvalue weighted by Crippen LogP contribution is -2.34. The fraction of sp³-hybridized carbons (Fsp3) is 0.316. The van der Waals surface area contributed by atoms with Gasteiger partial charge in [0.1, 0.15) is 11.9 Å². The quantitative estimate of drug-likeness (QED) is 0.763. The van der Waals surface area contributed by atoms with Gasteiger partial charge in [-0.3, -0.25) is 4.99 Å². The highest BCUT2D eigenvalue weighted by molar-refractivity contribution is 5.84. The molecule has 2 aromatic rings. The molecule has 1 fully saturated rings. The van der Waals surface area contributed by atoms with Gasteiger partial charge in [-0.15, -0.1) is 0 Å². The molecular weight excluding hydrogens is 256 g/mol. The van der Waals surface area contributed by atoms with Crippen LogP contribution in [0.2, 0.25) is 0 Å². The minimum atomic E-state index is 0.153. The molecule has 2 aromatic carbocycles. The van der Waals surface area contributed by atoms with Gasteiger partial charge < -0.3 is 4.90 Å². The zero-order valence-corrected chi connectivity index (χ0v) is 12.2. The Morgan fingerprint density at radius 2 is 1.71 bits per heavy atom. The normalized spacial score (nSPS) is 21.0. The number of hydrogen-bond donors (Lipinski definition) is 0. The largest absolute Gasteiger partial charge is 0.356 e. The predicted molar refractivity (Wildman–Crippen MR) is 86.4 cm³/mol. The van der Waals surface area contributed by atoms with Crippen LogP contribution in [0.3, 0.4) is 0 Å². The molecule has 2 aliphatic rings. The minimum Gasteiger partial charge on any atom is -0.356 e. The fourth-order valence-electron chi connectivity index (χ4n) is 3.45. The van der Waals surface area contributed by atoms with Crippen molar-refractivity contribution in [1.82, 2.24) is 4.90 Å². The number of rotatable bonds is 1. The second-order valence-corrected chi connectivity index (χ2v) is 5.94. The molecule has 0 aliphatic carbocycles. The molecule has 1 atom stereocenters. The monoisotopic (exact) mass is 276 g/mol. The van der Waals surface area contributed by atoms with E-state index in [2.05, 4.69) is 59.5 Å². The van der Waals surface area contributed by atoms with Gasteiger partial charge in [-0.25, -0.2) is 0 Å². The van der Waals surface area contributed by atoms with E-state index in [9.17, 15) is 0 Å². The van der Waals surface area contributed by atoms with Crippen molar-refractivity contribution >= 4 is 5.84 Å². The standard InChI is InChI=1S/C19H20N2/c1-2-8-15(9-3-1)19-17-11-5-4-10-16(17)14-21-13-7-6-12-18(21)20-19/h1-5,8-11,19H,6-7,12-14H2. The molecule has 4 rings (SSSR count). The van der Waals surface area contributed by atoms with E-state index in [1.165, 1.54) is 35.4 Å². The maximum Gasteiger partial charge on any atom is 0.102 e. The van der Waals surface area contributed by atoms with Gasteiger partial charge in [0.05, 0.1) is 0 Å². The number of fused-ring (bicyclic) bond motifs is 2. The van der Waals surface area contributed by atoms with Crippen molar-refractivity contribution in [3.63, 3.8) is 0 Å². The summed E-state index contributed by atoms with van der Waals surface area (Å²) in [4.78, 5) is 7.63. The Hall–Kier alpha value is -2.09. The summed E-state index contributed by atoms with van der Waals surface area (Å²) in [5.74, 6) is 1.30. The van der Waals surface area contributed by atoms with E-state index in [0.29, 0.717) is 0 Å². The van der Waals surface area contributed by atoms with Crippen molar-refractivity contribution < 1.29 is 0 Å². The van der Waals surface area contributed by atoms with Crippen molar-refractivity contribution in [3.8, 4) is 0 Å². The molecule has 0 spiro atoms. The van der Waals surface area contributed by atoms with Gasteiger partial charge in [-0.05, 0) is 29.5 Å². The molecule has 2 heterocycles. The Kier molecular flexibility index (Phi) is 3.23. The average Bonchev–Trinajstić information content (AvgIpc) is 2.72. The molecule has 106 valence electrons. The van der Waals surface area contributed by atoms with E-state index >= 15 is 0 Å². The number of benzene rings is 2. The van der Waals surface area contributed by atoms with Crippen molar-refractivity contribution in [3.05, 3.63) is 71.3 Å². The zero-order chi connectivity index (χ0) is 14.1. The third-order valence-corrected chi connectivity index (χ3v) is 4.55. The summed E-state index contributed by atoms with van der Waals surface area (Å²) in [6.07, 6.45) is 3.68. The number of nitrogens with zero attached hydrogens (tertiary/aromatic N) is 2. The molecule has 1 unspecified atom stereocenters. The first kappa shape index (κ1) is 12.6. The van der Waals surface area contributed by atoms with E-state index in [1.807, 2.05) is 0 Å². The Morgan fingerprint density at radius 1 is 0.905 bits per heavy atom. The highest BCUT2D eigenvalue weighted by atomic mass is 15.2.